The van der Waals surface area contributed by atoms with Crippen LogP contribution in [0.15, 0.2) is 0 Å². The van der Waals surface area contributed by atoms with E-state index in [1.54, 1.807) is 0 Å². The van der Waals surface area contributed by atoms with Gasteiger partial charge in [-0.3, -0.25) is 4.79 Å². The zero-order valence-corrected chi connectivity index (χ0v) is 6.72. The number of methoxy groups -OCH3 is 1. The van der Waals surface area contributed by atoms with Crippen molar-refractivity contribution >= 4 is 11.8 Å². The summed E-state index contributed by atoms with van der Waals surface area (Å²) in [6, 6.07) is 0. The van der Waals surface area contributed by atoms with Crippen LogP contribution in [0.25, 0.3) is 0 Å². The van der Waals surface area contributed by atoms with Crippen molar-refractivity contribution in [2.45, 2.75) is 12.1 Å². The minimum atomic E-state index is -2.42. The zero-order chi connectivity index (χ0) is 9.19. The number of carbonyl (C=O) groups excluding carboxylic acids is 2. The van der Waals surface area contributed by atoms with Gasteiger partial charge in [0.05, 0.1) is 13.7 Å². The van der Waals surface area contributed by atoms with Crippen LogP contribution in [0.1, 0.15) is 6.42 Å². The van der Waals surface area contributed by atoms with Crippen LogP contribution in [-0.2, 0) is 14.3 Å². The Balaban J connectivity index is 2.79. The fraction of sp³-hybridized carbons (Fsp3) is 0.714. The van der Waals surface area contributed by atoms with Crippen molar-refractivity contribution in [3.05, 3.63) is 0 Å². The van der Waals surface area contributed by atoms with Crippen LogP contribution in [-0.4, -0.2) is 37.6 Å². The van der Waals surface area contributed by atoms with Crippen LogP contribution >= 0.6 is 0 Å². The molecule has 1 aliphatic rings. The number of hydrogen-bond acceptors (Lipinski definition) is 4. The minimum Gasteiger partial charge on any atom is -0.466 e. The monoisotopic (exact) mass is 175 g/mol. The maximum Gasteiger partial charge on any atom is 0.351 e. The molecule has 1 aliphatic heterocycles. The molecule has 1 fully saturated rings. The van der Waals surface area contributed by atoms with E-state index >= 15 is 0 Å². The molecule has 1 unspecified atom stereocenters. The lowest BCUT2D eigenvalue weighted by atomic mass is 9.93. The Morgan fingerprint density at radius 3 is 2.92 bits per heavy atom. The van der Waals surface area contributed by atoms with Crippen molar-refractivity contribution in [2.75, 3.05) is 20.2 Å². The van der Waals surface area contributed by atoms with Crippen LogP contribution in [0.5, 0.6) is 0 Å². The maximum absolute atomic E-state index is 13.5. The normalized spacial score (nSPS) is 30.0. The molecule has 0 radical (unpaired) electrons. The van der Waals surface area contributed by atoms with Crippen molar-refractivity contribution in [3.8, 4) is 0 Å². The second-order valence-electron chi connectivity index (χ2n) is 2.64. The first-order valence-electron chi connectivity index (χ1n) is 3.62. The lowest BCUT2D eigenvalue weighted by molar-refractivity contribution is -0.161. The van der Waals surface area contributed by atoms with E-state index < -0.39 is 17.4 Å². The molecule has 1 heterocycles. The van der Waals surface area contributed by atoms with Gasteiger partial charge in [0.2, 0.25) is 0 Å². The van der Waals surface area contributed by atoms with Crippen molar-refractivity contribution in [1.82, 2.24) is 5.32 Å². The third-order valence-electron chi connectivity index (χ3n) is 1.88. The summed E-state index contributed by atoms with van der Waals surface area (Å²) in [6.45, 7) is 0.211. The fourth-order valence-corrected chi connectivity index (χ4v) is 1.12. The number of esters is 1. The van der Waals surface area contributed by atoms with Gasteiger partial charge in [0, 0.05) is 6.42 Å². The standard InChI is InChI=1S/C7H10FNO3/c1-12-6(11)7(8)2-3-9-4-5(7)10/h9H,2-4H2,1H3. The Morgan fingerprint density at radius 1 is 1.75 bits per heavy atom. The van der Waals surface area contributed by atoms with Gasteiger partial charge >= 0.3 is 5.97 Å². The van der Waals surface area contributed by atoms with Crippen LogP contribution in [0.2, 0.25) is 0 Å². The molecule has 0 amide bonds. The molecule has 1 N–H and O–H groups in total. The van der Waals surface area contributed by atoms with Crippen LogP contribution < -0.4 is 5.32 Å². The predicted molar refractivity (Wildman–Crippen MR) is 38.3 cm³/mol. The summed E-state index contributed by atoms with van der Waals surface area (Å²) in [7, 11) is 1.07. The minimum absolute atomic E-state index is 0.106. The first kappa shape index (κ1) is 9.12. The van der Waals surface area contributed by atoms with Gasteiger partial charge in [-0.05, 0) is 6.54 Å². The molecule has 0 aromatic heterocycles. The van der Waals surface area contributed by atoms with E-state index in [0.29, 0.717) is 6.54 Å². The molecule has 1 saturated heterocycles. The van der Waals surface area contributed by atoms with E-state index in [0.717, 1.165) is 7.11 Å². The molecule has 0 saturated carbocycles. The van der Waals surface area contributed by atoms with Gasteiger partial charge in [-0.2, -0.15) is 0 Å². The van der Waals surface area contributed by atoms with Gasteiger partial charge in [0.15, 0.2) is 5.78 Å². The average Bonchev–Trinajstić information content (AvgIpc) is 2.09. The number of Topliss-reactive ketones (excluding diaryl/α,β-unsaturated/α-hetero) is 1. The number of ketones is 1. The van der Waals surface area contributed by atoms with Gasteiger partial charge in [0.25, 0.3) is 5.67 Å². The van der Waals surface area contributed by atoms with Crippen LogP contribution in [0.4, 0.5) is 4.39 Å². The second kappa shape index (κ2) is 3.18. The highest BCUT2D eigenvalue weighted by molar-refractivity contribution is 6.08. The van der Waals surface area contributed by atoms with Gasteiger partial charge in [-0.25, -0.2) is 9.18 Å². The first-order chi connectivity index (χ1) is 5.61. The Kier molecular flexibility index (Phi) is 2.42. The quantitative estimate of drug-likeness (QED) is 0.428. The Labute approximate surface area is 69.1 Å². The Bertz CT molecular complexity index is 209. The van der Waals surface area contributed by atoms with Crippen molar-refractivity contribution in [2.24, 2.45) is 0 Å². The molecule has 12 heavy (non-hydrogen) atoms. The first-order valence-corrected chi connectivity index (χ1v) is 3.62. The van der Waals surface area contributed by atoms with Crippen molar-refractivity contribution in [1.29, 1.82) is 0 Å². The number of ether oxygens (including phenoxy) is 1. The van der Waals surface area contributed by atoms with Crippen LogP contribution in [0, 0.1) is 0 Å². The van der Waals surface area contributed by atoms with Crippen molar-refractivity contribution < 1.29 is 18.7 Å². The van der Waals surface area contributed by atoms with Gasteiger partial charge in [0.1, 0.15) is 0 Å². The van der Waals surface area contributed by atoms with Crippen molar-refractivity contribution in [3.63, 3.8) is 0 Å². The molecular weight excluding hydrogens is 165 g/mol. The number of rotatable bonds is 1. The summed E-state index contributed by atoms with van der Waals surface area (Å²) in [5.41, 5.74) is -2.42. The number of alkyl halides is 1. The smallest absolute Gasteiger partial charge is 0.351 e. The van der Waals surface area contributed by atoms with Gasteiger partial charge in [-0.15, -0.1) is 0 Å². The summed E-state index contributed by atoms with van der Waals surface area (Å²) in [4.78, 5) is 21.8. The maximum atomic E-state index is 13.5. The van der Waals surface area contributed by atoms with E-state index in [-0.39, 0.29) is 13.0 Å². The summed E-state index contributed by atoms with van der Waals surface area (Å²) in [5.74, 6) is -1.84. The SMILES string of the molecule is COC(=O)C1(F)CCNCC1=O. The molecule has 0 spiro atoms. The predicted octanol–water partition coefficient (Wildman–Crippen LogP) is -0.570. The second-order valence-corrected chi connectivity index (χ2v) is 2.64. The van der Waals surface area contributed by atoms with E-state index in [1.165, 1.54) is 0 Å². The number of halogens is 1. The Morgan fingerprint density at radius 2 is 2.42 bits per heavy atom. The highest BCUT2D eigenvalue weighted by Gasteiger charge is 2.48. The summed E-state index contributed by atoms with van der Waals surface area (Å²) in [5, 5.41) is 2.67. The van der Waals surface area contributed by atoms with E-state index in [1.807, 2.05) is 0 Å². The van der Waals surface area contributed by atoms with Crippen LogP contribution in [0.3, 0.4) is 0 Å². The molecular formula is C7H10FNO3. The number of hydrogen-bond donors (Lipinski definition) is 1. The molecule has 5 heteroatoms. The van der Waals surface area contributed by atoms with E-state index in [9.17, 15) is 14.0 Å². The number of carbonyl (C=O) groups is 2. The third kappa shape index (κ3) is 1.32. The summed E-state index contributed by atoms with van der Waals surface area (Å²) in [6.07, 6.45) is -0.140. The van der Waals surface area contributed by atoms with E-state index in [4.69, 9.17) is 0 Å². The summed E-state index contributed by atoms with van der Waals surface area (Å²) >= 11 is 0. The fourth-order valence-electron chi connectivity index (χ4n) is 1.12. The third-order valence-corrected chi connectivity index (χ3v) is 1.88. The highest BCUT2D eigenvalue weighted by Crippen LogP contribution is 2.21. The molecule has 0 aliphatic carbocycles. The molecule has 0 bridgehead atoms. The van der Waals surface area contributed by atoms with E-state index in [2.05, 4.69) is 10.1 Å². The summed E-state index contributed by atoms with van der Waals surface area (Å²) < 4.78 is 17.7. The molecule has 68 valence electrons. The lowest BCUT2D eigenvalue weighted by Crippen LogP contribution is -2.53. The lowest BCUT2D eigenvalue weighted by Gasteiger charge is -2.25. The number of piperidine rings is 1. The Hall–Kier alpha value is -0.970. The molecule has 0 aromatic carbocycles. The molecule has 1 atom stereocenters. The van der Waals surface area contributed by atoms with Gasteiger partial charge in [-0.1, -0.05) is 0 Å². The largest absolute Gasteiger partial charge is 0.466 e. The van der Waals surface area contributed by atoms with Gasteiger partial charge < -0.3 is 10.1 Å². The topological polar surface area (TPSA) is 55.4 Å². The molecule has 0 aromatic rings. The number of nitrogens with one attached hydrogen (secondary N) is 1. The highest BCUT2D eigenvalue weighted by atomic mass is 19.1. The molecule has 1 rings (SSSR count). The zero-order valence-electron chi connectivity index (χ0n) is 6.72. The molecule has 4 nitrogen and oxygen atoms in total. The average molecular weight is 175 g/mol.